The number of halogens is 1. The Morgan fingerprint density at radius 1 is 1.67 bits per heavy atom. The summed E-state index contributed by atoms with van der Waals surface area (Å²) in [7, 11) is 1.75. The van der Waals surface area contributed by atoms with E-state index in [0.29, 0.717) is 15.6 Å². The topological polar surface area (TPSA) is 9.23 Å². The van der Waals surface area contributed by atoms with E-state index in [9.17, 15) is 0 Å². The van der Waals surface area contributed by atoms with Crippen molar-refractivity contribution in [2.45, 2.75) is 12.2 Å². The molecule has 0 rings (SSSR count). The molecule has 3 heteroatoms. The second kappa shape index (κ2) is 9.24. The molecule has 0 saturated carbocycles. The van der Waals surface area contributed by atoms with Crippen molar-refractivity contribution in [1.29, 1.82) is 0 Å². The molecule has 37 valence electrons. The summed E-state index contributed by atoms with van der Waals surface area (Å²) in [6.07, 6.45) is 0. The number of hydrogen-bond acceptors (Lipinski definition) is 1. The third-order valence-corrected chi connectivity index (χ3v) is 1.00. The van der Waals surface area contributed by atoms with Gasteiger partial charge < -0.3 is 3.79 Å². The first kappa shape index (κ1) is 9.92. The molecule has 0 aliphatic carbocycles. The van der Waals surface area contributed by atoms with Crippen molar-refractivity contribution in [3.05, 3.63) is 0 Å². The zero-order chi connectivity index (χ0) is 4.12. The van der Waals surface area contributed by atoms with E-state index in [0.717, 1.165) is 0 Å². The third-order valence-electron chi connectivity index (χ3n) is 0.333. The summed E-state index contributed by atoms with van der Waals surface area (Å²) in [4.78, 5) is 0. The highest BCUT2D eigenvalue weighted by Gasteiger charge is 1.77. The molecular weight excluding hydrogens is 114 g/mol. The Morgan fingerprint density at radius 3 is 2.17 bits per heavy atom. The molecule has 0 aromatic carbocycles. The SMILES string of the molecule is C[CH2][Al][O]C.Cl. The fourth-order valence-corrected chi connectivity index (χ4v) is 0.500. The van der Waals surface area contributed by atoms with Gasteiger partial charge in [0.1, 0.15) is 0 Å². The molecule has 0 aliphatic rings. The van der Waals surface area contributed by atoms with Crippen molar-refractivity contribution in [2.75, 3.05) is 7.11 Å². The quantitative estimate of drug-likeness (QED) is 0.500. The van der Waals surface area contributed by atoms with Gasteiger partial charge in [-0.1, -0.05) is 12.2 Å². The smallest absolute Gasteiger partial charge is 0.422 e. The molecule has 0 saturated heterocycles. The standard InChI is InChI=1S/C2H5.CH3O.Al.ClH/c2*1-2;;/h1H2,2H3;1H3;;1H/q;-1;+1;. The van der Waals surface area contributed by atoms with Gasteiger partial charge in [-0.25, -0.2) is 0 Å². The maximum atomic E-state index is 4.77. The summed E-state index contributed by atoms with van der Waals surface area (Å²) in [5.74, 6) is 0. The van der Waals surface area contributed by atoms with Gasteiger partial charge in [-0.05, 0) is 0 Å². The van der Waals surface area contributed by atoms with Crippen LogP contribution in [0.3, 0.4) is 0 Å². The van der Waals surface area contributed by atoms with Crippen molar-refractivity contribution in [1.82, 2.24) is 0 Å². The minimum absolute atomic E-state index is 0. The molecule has 0 amide bonds. The van der Waals surface area contributed by atoms with Crippen molar-refractivity contribution >= 4 is 28.0 Å². The van der Waals surface area contributed by atoms with Crippen LogP contribution in [0, 0.1) is 0 Å². The van der Waals surface area contributed by atoms with Gasteiger partial charge in [-0.2, -0.15) is 0 Å². The van der Waals surface area contributed by atoms with Crippen LogP contribution in [0.1, 0.15) is 6.92 Å². The maximum Gasteiger partial charge on any atom is 0.422 e. The summed E-state index contributed by atoms with van der Waals surface area (Å²) in [6.45, 7) is 2.12. The lowest BCUT2D eigenvalue weighted by Crippen LogP contribution is -1.86. The van der Waals surface area contributed by atoms with E-state index >= 15 is 0 Å². The van der Waals surface area contributed by atoms with Gasteiger partial charge in [0.05, 0.1) is 0 Å². The minimum atomic E-state index is 0. The van der Waals surface area contributed by atoms with E-state index in [1.165, 1.54) is 5.28 Å². The summed E-state index contributed by atoms with van der Waals surface area (Å²) in [5, 5.41) is 1.20. The van der Waals surface area contributed by atoms with Gasteiger partial charge in [0.25, 0.3) is 0 Å². The Labute approximate surface area is 51.5 Å². The summed E-state index contributed by atoms with van der Waals surface area (Å²) < 4.78 is 4.77. The van der Waals surface area contributed by atoms with Crippen LogP contribution in [0.2, 0.25) is 5.28 Å². The van der Waals surface area contributed by atoms with E-state index in [2.05, 4.69) is 6.92 Å². The number of hydrogen-bond donors (Lipinski definition) is 0. The van der Waals surface area contributed by atoms with Crippen molar-refractivity contribution in [2.24, 2.45) is 0 Å². The average Bonchev–Trinajstić information content (AvgIpc) is 1.41. The molecule has 0 fully saturated rings. The van der Waals surface area contributed by atoms with Gasteiger partial charge in [-0.15, -0.1) is 12.4 Å². The molecule has 0 atom stereocenters. The van der Waals surface area contributed by atoms with Gasteiger partial charge in [0.15, 0.2) is 0 Å². The van der Waals surface area contributed by atoms with Crippen LogP contribution in [0.25, 0.3) is 0 Å². The normalized spacial score (nSPS) is 6.33. The molecule has 0 aromatic rings. The van der Waals surface area contributed by atoms with E-state index < -0.39 is 0 Å². The van der Waals surface area contributed by atoms with E-state index in [1.54, 1.807) is 7.11 Å². The van der Waals surface area contributed by atoms with Crippen LogP contribution in [-0.2, 0) is 3.79 Å². The third kappa shape index (κ3) is 8.84. The van der Waals surface area contributed by atoms with Gasteiger partial charge in [-0.3, -0.25) is 0 Å². The first-order chi connectivity index (χ1) is 2.41. The van der Waals surface area contributed by atoms with E-state index in [4.69, 9.17) is 3.79 Å². The Morgan fingerprint density at radius 2 is 2.17 bits per heavy atom. The molecule has 1 radical (unpaired) electrons. The molecule has 0 bridgehead atoms. The first-order valence-electron chi connectivity index (χ1n) is 1.76. The second-order valence-corrected chi connectivity index (χ2v) is 2.43. The van der Waals surface area contributed by atoms with Gasteiger partial charge >= 0.3 is 15.6 Å². The number of rotatable bonds is 2. The zero-order valence-corrected chi connectivity index (χ0v) is 6.07. The molecule has 0 aromatic heterocycles. The van der Waals surface area contributed by atoms with Gasteiger partial charge in [0.2, 0.25) is 0 Å². The monoisotopic (exact) mass is 123 g/mol. The largest absolute Gasteiger partial charge is 0.509 e. The molecule has 0 unspecified atom stereocenters. The van der Waals surface area contributed by atoms with Crippen LogP contribution < -0.4 is 0 Å². The highest BCUT2D eigenvalue weighted by Crippen LogP contribution is 1.68. The Bertz CT molecular complexity index is 18.3. The Kier molecular flexibility index (Phi) is 15.3. The summed E-state index contributed by atoms with van der Waals surface area (Å²) in [6, 6.07) is 0. The van der Waals surface area contributed by atoms with E-state index in [-0.39, 0.29) is 12.4 Å². The summed E-state index contributed by atoms with van der Waals surface area (Å²) in [5.41, 5.74) is 0. The fourth-order valence-electron chi connectivity index (χ4n) is 0.167. The second-order valence-electron chi connectivity index (χ2n) is 0.811. The first-order valence-corrected chi connectivity index (χ1v) is 3.05. The molecular formula is C3H9AlClO. The highest BCUT2D eigenvalue weighted by atomic mass is 35.5. The minimum Gasteiger partial charge on any atom is -0.509 e. The molecule has 6 heavy (non-hydrogen) atoms. The van der Waals surface area contributed by atoms with Crippen LogP contribution >= 0.6 is 12.4 Å². The lowest BCUT2D eigenvalue weighted by atomic mass is 11.0. The Balaban J connectivity index is 0. The molecule has 0 N–H and O–H groups in total. The Hall–Kier alpha value is 0.782. The maximum absolute atomic E-state index is 4.77. The van der Waals surface area contributed by atoms with Crippen LogP contribution in [0.15, 0.2) is 0 Å². The van der Waals surface area contributed by atoms with Gasteiger partial charge in [0, 0.05) is 7.11 Å². The predicted octanol–water partition coefficient (Wildman–Crippen LogP) is 1.11. The van der Waals surface area contributed by atoms with E-state index in [1.807, 2.05) is 0 Å². The lowest BCUT2D eigenvalue weighted by molar-refractivity contribution is 0.442. The fraction of sp³-hybridized carbons (Fsp3) is 1.00. The van der Waals surface area contributed by atoms with Crippen molar-refractivity contribution < 1.29 is 3.79 Å². The lowest BCUT2D eigenvalue weighted by Gasteiger charge is -1.80. The highest BCUT2D eigenvalue weighted by molar-refractivity contribution is 6.26. The molecule has 0 spiro atoms. The predicted molar refractivity (Wildman–Crippen MR) is 30.5 cm³/mol. The average molecular weight is 124 g/mol. The van der Waals surface area contributed by atoms with Crippen LogP contribution in [-0.4, -0.2) is 22.7 Å². The van der Waals surface area contributed by atoms with Crippen LogP contribution in [0.5, 0.6) is 0 Å². The molecule has 0 aliphatic heterocycles. The van der Waals surface area contributed by atoms with Crippen molar-refractivity contribution in [3.63, 3.8) is 0 Å². The molecule has 0 heterocycles. The molecule has 1 nitrogen and oxygen atoms in total. The summed E-state index contributed by atoms with van der Waals surface area (Å²) >= 11 is 0.315. The van der Waals surface area contributed by atoms with Crippen LogP contribution in [0.4, 0.5) is 0 Å². The zero-order valence-electron chi connectivity index (χ0n) is 4.10. The van der Waals surface area contributed by atoms with Crippen molar-refractivity contribution in [3.8, 4) is 0 Å².